The molecule has 2 aromatic heterocycles. The summed E-state index contributed by atoms with van der Waals surface area (Å²) in [7, 11) is 1.83. The van der Waals surface area contributed by atoms with Crippen LogP contribution < -0.4 is 0 Å². The van der Waals surface area contributed by atoms with Gasteiger partial charge in [-0.2, -0.15) is 14.9 Å². The van der Waals surface area contributed by atoms with Gasteiger partial charge in [0.25, 0.3) is 0 Å². The van der Waals surface area contributed by atoms with Gasteiger partial charge in [0.15, 0.2) is 5.82 Å². The third kappa shape index (κ3) is 1.21. The summed E-state index contributed by atoms with van der Waals surface area (Å²) in [6.07, 6.45) is 3.01. The number of hydrogen-bond donors (Lipinski definition) is 0. The van der Waals surface area contributed by atoms with Crippen LogP contribution in [0.5, 0.6) is 0 Å². The third-order valence-corrected chi connectivity index (χ3v) is 2.32. The van der Waals surface area contributed by atoms with E-state index < -0.39 is 0 Å². The Kier molecular flexibility index (Phi) is 1.81. The lowest BCUT2D eigenvalue weighted by molar-refractivity contribution is 0.713. The Balaban J connectivity index is 2.59. The van der Waals surface area contributed by atoms with Gasteiger partial charge in [0.05, 0.1) is 5.69 Å². The van der Waals surface area contributed by atoms with Crippen molar-refractivity contribution in [1.29, 1.82) is 0 Å². The number of aromatic nitrogens is 5. The fourth-order valence-corrected chi connectivity index (χ4v) is 1.28. The van der Waals surface area contributed by atoms with E-state index in [1.54, 1.807) is 11.0 Å². The summed E-state index contributed by atoms with van der Waals surface area (Å²) in [6, 6.07) is 0. The quantitative estimate of drug-likeness (QED) is 0.684. The van der Waals surface area contributed by atoms with Crippen molar-refractivity contribution in [3.8, 4) is 5.82 Å². The minimum Gasteiger partial charge on any atom is -0.269 e. The smallest absolute Gasteiger partial charge is 0.195 e. The van der Waals surface area contributed by atoms with Crippen molar-refractivity contribution >= 4 is 11.6 Å². The highest BCUT2D eigenvalue weighted by molar-refractivity contribution is 6.32. The van der Waals surface area contributed by atoms with Crippen molar-refractivity contribution in [2.45, 2.75) is 6.92 Å². The summed E-state index contributed by atoms with van der Waals surface area (Å²) < 4.78 is 3.24. The van der Waals surface area contributed by atoms with Crippen LogP contribution in [0.25, 0.3) is 5.82 Å². The van der Waals surface area contributed by atoms with E-state index >= 15 is 0 Å². The second-order valence-corrected chi connectivity index (χ2v) is 3.06. The summed E-state index contributed by atoms with van der Waals surface area (Å²) in [5, 5.41) is 8.75. The first-order chi connectivity index (χ1) is 6.20. The van der Waals surface area contributed by atoms with Crippen molar-refractivity contribution in [2.75, 3.05) is 0 Å². The van der Waals surface area contributed by atoms with Gasteiger partial charge in [-0.1, -0.05) is 11.6 Å². The number of hydrogen-bond acceptors (Lipinski definition) is 3. The molecule has 0 unspecified atom stereocenters. The highest BCUT2D eigenvalue weighted by Crippen LogP contribution is 2.21. The SMILES string of the molecule is Cc1c(Cl)c(-n2cncn2)nn1C. The molecule has 0 saturated carbocycles. The van der Waals surface area contributed by atoms with Gasteiger partial charge in [-0.05, 0) is 6.92 Å². The minimum atomic E-state index is 0.605. The zero-order valence-corrected chi connectivity index (χ0v) is 8.02. The molecule has 0 aromatic carbocycles. The standard InChI is InChI=1S/C7H8ClN5/c1-5-6(8)7(11-12(5)2)13-4-9-3-10-13/h3-4H,1-2H3. The van der Waals surface area contributed by atoms with Crippen LogP contribution in [0.15, 0.2) is 12.7 Å². The number of aryl methyl sites for hydroxylation is 1. The van der Waals surface area contributed by atoms with Crippen molar-refractivity contribution < 1.29 is 0 Å². The molecule has 5 nitrogen and oxygen atoms in total. The van der Waals surface area contributed by atoms with E-state index in [4.69, 9.17) is 11.6 Å². The Bertz CT molecular complexity index is 416. The second-order valence-electron chi connectivity index (χ2n) is 2.69. The highest BCUT2D eigenvalue weighted by Gasteiger charge is 2.12. The maximum Gasteiger partial charge on any atom is 0.195 e. The van der Waals surface area contributed by atoms with Crippen LogP contribution in [0.2, 0.25) is 5.02 Å². The molecule has 68 valence electrons. The average molecular weight is 198 g/mol. The molecule has 0 fully saturated rings. The maximum absolute atomic E-state index is 6.03. The predicted molar refractivity (Wildman–Crippen MR) is 47.9 cm³/mol. The van der Waals surface area contributed by atoms with Gasteiger partial charge in [-0.25, -0.2) is 4.98 Å². The van der Waals surface area contributed by atoms with Crippen molar-refractivity contribution in [3.05, 3.63) is 23.4 Å². The van der Waals surface area contributed by atoms with Crippen LogP contribution in [0, 0.1) is 6.92 Å². The molecule has 13 heavy (non-hydrogen) atoms. The molecule has 0 aliphatic heterocycles. The van der Waals surface area contributed by atoms with Gasteiger partial charge in [0, 0.05) is 7.05 Å². The molecule has 0 atom stereocenters. The first kappa shape index (κ1) is 8.25. The normalized spacial score (nSPS) is 10.7. The monoisotopic (exact) mass is 197 g/mol. The molecule has 0 N–H and O–H groups in total. The average Bonchev–Trinajstić information content (AvgIpc) is 2.70. The predicted octanol–water partition coefficient (Wildman–Crippen LogP) is 0.963. The maximum atomic E-state index is 6.03. The largest absolute Gasteiger partial charge is 0.269 e. The van der Waals surface area contributed by atoms with Gasteiger partial charge >= 0.3 is 0 Å². The van der Waals surface area contributed by atoms with E-state index in [0.29, 0.717) is 10.8 Å². The van der Waals surface area contributed by atoms with Gasteiger partial charge in [-0.15, -0.1) is 0 Å². The van der Waals surface area contributed by atoms with E-state index in [2.05, 4.69) is 15.2 Å². The molecule has 2 aromatic rings. The lowest BCUT2D eigenvalue weighted by Crippen LogP contribution is -1.97. The zero-order chi connectivity index (χ0) is 9.42. The van der Waals surface area contributed by atoms with E-state index in [1.807, 2.05) is 14.0 Å². The fourth-order valence-electron chi connectivity index (χ4n) is 1.03. The van der Waals surface area contributed by atoms with Crippen LogP contribution >= 0.6 is 11.6 Å². The molecule has 0 bridgehead atoms. The summed E-state index contributed by atoms with van der Waals surface area (Å²) in [5.41, 5.74) is 0.909. The van der Waals surface area contributed by atoms with E-state index in [0.717, 1.165) is 5.69 Å². The Morgan fingerprint density at radius 1 is 1.46 bits per heavy atom. The molecule has 0 amide bonds. The van der Waals surface area contributed by atoms with Crippen LogP contribution in [0.1, 0.15) is 5.69 Å². The van der Waals surface area contributed by atoms with Crippen molar-refractivity contribution in [2.24, 2.45) is 7.05 Å². The van der Waals surface area contributed by atoms with Crippen LogP contribution in [-0.2, 0) is 7.05 Å². The van der Waals surface area contributed by atoms with Gasteiger partial charge in [0.2, 0.25) is 0 Å². The minimum absolute atomic E-state index is 0.605. The molecule has 6 heteroatoms. The topological polar surface area (TPSA) is 48.5 Å². The summed E-state index contributed by atoms with van der Waals surface area (Å²) in [5.74, 6) is 0.610. The van der Waals surface area contributed by atoms with Gasteiger partial charge < -0.3 is 0 Å². The first-order valence-electron chi connectivity index (χ1n) is 3.74. The molecule has 2 rings (SSSR count). The van der Waals surface area contributed by atoms with E-state index in [1.165, 1.54) is 11.0 Å². The molecular weight excluding hydrogens is 190 g/mol. The molecule has 2 heterocycles. The number of halogens is 1. The lowest BCUT2D eigenvalue weighted by atomic mass is 10.4. The summed E-state index contributed by atoms with van der Waals surface area (Å²) in [6.45, 7) is 1.90. The molecule has 0 spiro atoms. The Morgan fingerprint density at radius 3 is 2.69 bits per heavy atom. The highest BCUT2D eigenvalue weighted by atomic mass is 35.5. The Hall–Kier alpha value is -1.36. The van der Waals surface area contributed by atoms with Crippen molar-refractivity contribution in [1.82, 2.24) is 24.5 Å². The zero-order valence-electron chi connectivity index (χ0n) is 7.27. The van der Waals surface area contributed by atoms with Crippen LogP contribution in [-0.4, -0.2) is 24.5 Å². The van der Waals surface area contributed by atoms with Crippen LogP contribution in [0.4, 0.5) is 0 Å². The molecule has 0 radical (unpaired) electrons. The lowest BCUT2D eigenvalue weighted by Gasteiger charge is -1.92. The summed E-state index contributed by atoms with van der Waals surface area (Å²) >= 11 is 6.03. The summed E-state index contributed by atoms with van der Waals surface area (Å²) in [4.78, 5) is 3.82. The van der Waals surface area contributed by atoms with E-state index in [-0.39, 0.29) is 0 Å². The van der Waals surface area contributed by atoms with Gasteiger partial charge in [-0.3, -0.25) is 4.68 Å². The van der Waals surface area contributed by atoms with Crippen molar-refractivity contribution in [3.63, 3.8) is 0 Å². The molecule has 0 aliphatic carbocycles. The molecular formula is C7H8ClN5. The van der Waals surface area contributed by atoms with Crippen LogP contribution in [0.3, 0.4) is 0 Å². The number of nitrogens with zero attached hydrogens (tertiary/aromatic N) is 5. The Labute approximate surface area is 80.0 Å². The second kappa shape index (κ2) is 2.85. The number of rotatable bonds is 1. The third-order valence-electron chi connectivity index (χ3n) is 1.88. The molecule has 0 saturated heterocycles. The molecule has 0 aliphatic rings. The van der Waals surface area contributed by atoms with E-state index in [9.17, 15) is 0 Å². The fraction of sp³-hybridized carbons (Fsp3) is 0.286. The Morgan fingerprint density at radius 2 is 2.23 bits per heavy atom. The van der Waals surface area contributed by atoms with Gasteiger partial charge in [0.1, 0.15) is 17.7 Å². The first-order valence-corrected chi connectivity index (χ1v) is 4.12.